The van der Waals surface area contributed by atoms with E-state index < -0.39 is 0 Å². The second kappa shape index (κ2) is 6.17. The second-order valence-electron chi connectivity index (χ2n) is 4.06. The molecule has 100 valence electrons. The summed E-state index contributed by atoms with van der Waals surface area (Å²) in [6, 6.07) is 6.43. The largest absolute Gasteiger partial charge is 0.326 e. The molecule has 1 N–H and O–H groups in total. The van der Waals surface area contributed by atoms with E-state index in [0.717, 1.165) is 5.56 Å². The molecule has 20 heavy (non-hydrogen) atoms. The van der Waals surface area contributed by atoms with Gasteiger partial charge in [-0.3, -0.25) is 4.90 Å². The lowest BCUT2D eigenvalue weighted by Crippen LogP contribution is -2.39. The van der Waals surface area contributed by atoms with Crippen molar-refractivity contribution in [3.05, 3.63) is 58.8 Å². The molecule has 0 unspecified atom stereocenters. The van der Waals surface area contributed by atoms with E-state index in [-0.39, 0.29) is 6.03 Å². The molecular formula is C14H10BrN3O2. The molecule has 0 spiro atoms. The molecule has 1 aromatic carbocycles. The number of hydrogen-bond donors (Lipinski definition) is 1. The zero-order valence-corrected chi connectivity index (χ0v) is 12.0. The Labute approximate surface area is 124 Å². The van der Waals surface area contributed by atoms with Gasteiger partial charge in [0, 0.05) is 22.1 Å². The molecule has 0 atom stereocenters. The predicted octanol–water partition coefficient (Wildman–Crippen LogP) is 3.36. The Bertz CT molecular complexity index is 653. The van der Waals surface area contributed by atoms with Gasteiger partial charge >= 0.3 is 6.03 Å². The van der Waals surface area contributed by atoms with Gasteiger partial charge in [-0.05, 0) is 27.7 Å². The average molecular weight is 332 g/mol. The van der Waals surface area contributed by atoms with Gasteiger partial charge in [0.1, 0.15) is 5.69 Å². The number of halogens is 1. The molecule has 2 amide bonds. The third-order valence-corrected chi connectivity index (χ3v) is 2.90. The summed E-state index contributed by atoms with van der Waals surface area (Å²) in [6.07, 6.45) is 1.64. The molecule has 0 saturated carbocycles. The van der Waals surface area contributed by atoms with E-state index in [1.807, 2.05) is 0 Å². The Morgan fingerprint density at radius 1 is 1.35 bits per heavy atom. The molecular weight excluding hydrogens is 322 g/mol. The van der Waals surface area contributed by atoms with Crippen LogP contribution < -0.4 is 5.32 Å². The third-order valence-electron chi connectivity index (χ3n) is 2.71. The smallest absolute Gasteiger partial charge is 0.307 e. The molecule has 0 radical (unpaired) electrons. The predicted molar refractivity (Wildman–Crippen MR) is 79.9 cm³/mol. The van der Waals surface area contributed by atoms with Gasteiger partial charge in [-0.2, -0.15) is 0 Å². The molecule has 1 heterocycles. The Hall–Kier alpha value is -2.39. The van der Waals surface area contributed by atoms with Gasteiger partial charge in [-0.1, -0.05) is 24.6 Å². The maximum Gasteiger partial charge on any atom is 0.326 e. The number of carbonyl (C=O) groups is 1. The van der Waals surface area contributed by atoms with Crippen LogP contribution in [0.15, 0.2) is 53.5 Å². The first-order valence-electron chi connectivity index (χ1n) is 5.66. The highest BCUT2D eigenvalue weighted by atomic mass is 79.9. The fraction of sp³-hybridized carbons (Fsp3) is 0.0714. The number of rotatable bonds is 3. The topological polar surface area (TPSA) is 61.8 Å². The van der Waals surface area contributed by atoms with Crippen LogP contribution in [0.4, 0.5) is 10.5 Å². The van der Waals surface area contributed by atoms with Crippen molar-refractivity contribution in [3.8, 4) is 10.8 Å². The van der Waals surface area contributed by atoms with E-state index in [1.165, 1.54) is 4.90 Å². The van der Waals surface area contributed by atoms with E-state index in [9.17, 15) is 9.70 Å². The highest BCUT2D eigenvalue weighted by Gasteiger charge is 2.20. The van der Waals surface area contributed by atoms with Gasteiger partial charge in [-0.15, -0.1) is 4.91 Å². The first kappa shape index (κ1) is 14.0. The first-order valence-corrected chi connectivity index (χ1v) is 6.46. The highest BCUT2D eigenvalue weighted by Crippen LogP contribution is 2.18. The summed E-state index contributed by atoms with van der Waals surface area (Å²) >= 11 is 3.02. The number of amides is 2. The molecule has 0 saturated heterocycles. The fourth-order valence-corrected chi connectivity index (χ4v) is 1.91. The minimum atomic E-state index is -0.271. The lowest BCUT2D eigenvalue weighted by atomic mass is 10.1. The molecule has 1 aliphatic rings. The van der Waals surface area contributed by atoms with Crippen LogP contribution in [0, 0.1) is 15.7 Å². The normalized spacial score (nSPS) is 14.1. The van der Waals surface area contributed by atoms with Gasteiger partial charge in [0.25, 0.3) is 0 Å². The van der Waals surface area contributed by atoms with Crippen LogP contribution in [-0.2, 0) is 6.54 Å². The summed E-state index contributed by atoms with van der Waals surface area (Å²) in [4.78, 5) is 26.3. The molecule has 1 aliphatic heterocycles. The molecule has 0 aromatic heterocycles. The van der Waals surface area contributed by atoms with Crippen LogP contribution in [0.25, 0.3) is 0 Å². The Morgan fingerprint density at radius 2 is 2.05 bits per heavy atom. The number of benzene rings is 1. The van der Waals surface area contributed by atoms with Crippen molar-refractivity contribution in [1.29, 1.82) is 0 Å². The maximum absolute atomic E-state index is 11.9. The summed E-state index contributed by atoms with van der Waals surface area (Å²) in [5.74, 6) is 2.80. The van der Waals surface area contributed by atoms with Crippen LogP contribution in [0.5, 0.6) is 0 Å². The Kier molecular flexibility index (Phi) is 4.33. The molecule has 0 bridgehead atoms. The van der Waals surface area contributed by atoms with Crippen molar-refractivity contribution in [3.63, 3.8) is 0 Å². The van der Waals surface area contributed by atoms with Crippen molar-refractivity contribution in [2.75, 3.05) is 0 Å². The number of allylic oxidation sites excluding steroid dienone is 1. The van der Waals surface area contributed by atoms with Crippen LogP contribution in [-0.4, -0.2) is 10.9 Å². The van der Waals surface area contributed by atoms with Crippen molar-refractivity contribution in [1.82, 2.24) is 10.2 Å². The van der Waals surface area contributed by atoms with Gasteiger partial charge in [0.15, 0.2) is 0 Å². The molecule has 6 heteroatoms. The number of nitroso groups, excluding NO2 is 1. The number of hydrogen-bond acceptors (Lipinski definition) is 3. The lowest BCUT2D eigenvalue weighted by molar-refractivity contribution is 0.214. The summed E-state index contributed by atoms with van der Waals surface area (Å²) < 4.78 is 0. The summed E-state index contributed by atoms with van der Waals surface area (Å²) in [6.45, 7) is 4.10. The van der Waals surface area contributed by atoms with E-state index in [1.54, 1.807) is 30.5 Å². The highest BCUT2D eigenvalue weighted by molar-refractivity contribution is 9.12. The van der Waals surface area contributed by atoms with Gasteiger partial charge in [0.2, 0.25) is 0 Å². The quantitative estimate of drug-likeness (QED) is 0.681. The van der Waals surface area contributed by atoms with E-state index >= 15 is 0 Å². The zero-order chi connectivity index (χ0) is 14.5. The average Bonchev–Trinajstić information content (AvgIpc) is 2.45. The van der Waals surface area contributed by atoms with E-state index in [2.05, 4.69) is 43.8 Å². The Morgan fingerprint density at radius 3 is 2.65 bits per heavy atom. The first-order chi connectivity index (χ1) is 9.63. The third kappa shape index (κ3) is 3.13. The fourth-order valence-electron chi connectivity index (χ4n) is 1.70. The van der Waals surface area contributed by atoms with Crippen LogP contribution in [0.1, 0.15) is 5.56 Å². The Balaban J connectivity index is 2.21. The van der Waals surface area contributed by atoms with Crippen molar-refractivity contribution < 1.29 is 4.79 Å². The number of urea groups is 1. The summed E-state index contributed by atoms with van der Waals surface area (Å²) in [7, 11) is 0. The van der Waals surface area contributed by atoms with Crippen LogP contribution >= 0.6 is 15.9 Å². The molecule has 2 rings (SSSR count). The minimum Gasteiger partial charge on any atom is -0.307 e. The number of nitrogens with one attached hydrogen (secondary N) is 1. The van der Waals surface area contributed by atoms with Crippen molar-refractivity contribution >= 4 is 27.6 Å². The zero-order valence-electron chi connectivity index (χ0n) is 10.4. The summed E-state index contributed by atoms with van der Waals surface area (Å²) in [5, 5.41) is 5.47. The van der Waals surface area contributed by atoms with Crippen LogP contribution in [0.3, 0.4) is 0 Å². The lowest BCUT2D eigenvalue weighted by Gasteiger charge is -2.25. The standard InChI is InChI=1S/C14H10BrN3O2/c1-10-12(6-7-15)9-18(14(19)16-10)8-11-2-4-13(17-20)5-3-11/h2-5,9H,1,8H2,(H,16,19). The van der Waals surface area contributed by atoms with Gasteiger partial charge in [-0.25, -0.2) is 4.79 Å². The molecule has 0 aliphatic carbocycles. The van der Waals surface area contributed by atoms with Gasteiger partial charge < -0.3 is 5.32 Å². The monoisotopic (exact) mass is 331 g/mol. The molecule has 5 nitrogen and oxygen atoms in total. The molecule has 1 aromatic rings. The number of nitrogens with zero attached hydrogens (tertiary/aromatic N) is 2. The minimum absolute atomic E-state index is 0.271. The van der Waals surface area contributed by atoms with Gasteiger partial charge in [0.05, 0.1) is 17.8 Å². The number of carbonyl (C=O) groups excluding carboxylic acids is 1. The van der Waals surface area contributed by atoms with Crippen molar-refractivity contribution in [2.45, 2.75) is 6.54 Å². The SMILES string of the molecule is C=C1NC(=O)N(Cc2ccc(N=O)cc2)C=C1C#CBr. The van der Waals surface area contributed by atoms with E-state index in [4.69, 9.17) is 0 Å². The maximum atomic E-state index is 11.9. The van der Waals surface area contributed by atoms with Crippen LogP contribution in [0.2, 0.25) is 0 Å². The summed E-state index contributed by atoms with van der Waals surface area (Å²) in [5.41, 5.74) is 2.33. The van der Waals surface area contributed by atoms with Crippen molar-refractivity contribution in [2.24, 2.45) is 5.18 Å². The molecule has 0 fully saturated rings. The second-order valence-corrected chi connectivity index (χ2v) is 4.45. The van der Waals surface area contributed by atoms with E-state index in [0.29, 0.717) is 23.5 Å².